The monoisotopic (exact) mass is 197 g/mol. The minimum absolute atomic E-state index is 0.248. The first-order valence-electron chi connectivity index (χ1n) is 4.03. The van der Waals surface area contributed by atoms with E-state index in [1.807, 2.05) is 12.1 Å². The number of pyridine rings is 1. The first-order valence-corrected chi connectivity index (χ1v) is 5.02. The van der Waals surface area contributed by atoms with Gasteiger partial charge in [0, 0.05) is 23.7 Å². The molecule has 0 bridgehead atoms. The Morgan fingerprint density at radius 3 is 2.77 bits per heavy atom. The fourth-order valence-corrected chi connectivity index (χ4v) is 1.69. The largest absolute Gasteiger partial charge is 0.481 e. The van der Waals surface area contributed by atoms with E-state index < -0.39 is 5.97 Å². The van der Waals surface area contributed by atoms with Gasteiger partial charge in [0.2, 0.25) is 0 Å². The minimum Gasteiger partial charge on any atom is -0.481 e. The van der Waals surface area contributed by atoms with Gasteiger partial charge in [-0.05, 0) is 24.3 Å². The number of carboxylic acid groups (broad SMARTS) is 1. The van der Waals surface area contributed by atoms with Crippen LogP contribution in [-0.4, -0.2) is 21.8 Å². The lowest BCUT2D eigenvalue weighted by atomic mass is 10.3. The van der Waals surface area contributed by atoms with Crippen LogP contribution in [0.4, 0.5) is 0 Å². The smallest absolute Gasteiger partial charge is 0.303 e. The third-order valence-corrected chi connectivity index (χ3v) is 2.55. The van der Waals surface area contributed by atoms with E-state index in [4.69, 9.17) is 5.11 Å². The zero-order chi connectivity index (χ0) is 9.52. The summed E-state index contributed by atoms with van der Waals surface area (Å²) in [5.74, 6) is 0.117. The quantitative estimate of drug-likeness (QED) is 0.579. The molecule has 0 saturated carbocycles. The fourth-order valence-electron chi connectivity index (χ4n) is 0.848. The van der Waals surface area contributed by atoms with Crippen LogP contribution in [-0.2, 0) is 4.79 Å². The number of aliphatic carboxylic acids is 1. The second-order valence-electron chi connectivity index (χ2n) is 2.53. The molecule has 0 aromatic carbocycles. The lowest BCUT2D eigenvalue weighted by Crippen LogP contribution is -1.94. The van der Waals surface area contributed by atoms with Crippen molar-refractivity contribution in [2.75, 3.05) is 5.75 Å². The van der Waals surface area contributed by atoms with Gasteiger partial charge in [-0.25, -0.2) is 0 Å². The van der Waals surface area contributed by atoms with Gasteiger partial charge in [-0.1, -0.05) is 0 Å². The van der Waals surface area contributed by atoms with Crippen molar-refractivity contribution in [2.45, 2.75) is 17.7 Å². The summed E-state index contributed by atoms with van der Waals surface area (Å²) in [5.41, 5.74) is 0. The van der Waals surface area contributed by atoms with Gasteiger partial charge in [0.1, 0.15) is 0 Å². The Hall–Kier alpha value is -1.03. The summed E-state index contributed by atoms with van der Waals surface area (Å²) in [6.45, 7) is 0. The molecule has 0 spiro atoms. The molecule has 0 unspecified atom stereocenters. The SMILES string of the molecule is O=C(O)CCCSc1ccncc1. The number of hydrogen-bond donors (Lipinski definition) is 1. The zero-order valence-electron chi connectivity index (χ0n) is 7.14. The molecule has 0 aliphatic rings. The molecule has 0 atom stereocenters. The number of rotatable bonds is 5. The van der Waals surface area contributed by atoms with Crippen molar-refractivity contribution >= 4 is 17.7 Å². The maximum Gasteiger partial charge on any atom is 0.303 e. The van der Waals surface area contributed by atoms with Gasteiger partial charge in [-0.15, -0.1) is 11.8 Å². The molecule has 1 rings (SSSR count). The summed E-state index contributed by atoms with van der Waals surface area (Å²) in [7, 11) is 0. The number of carboxylic acids is 1. The van der Waals surface area contributed by atoms with Crippen molar-refractivity contribution in [3.8, 4) is 0 Å². The van der Waals surface area contributed by atoms with Crippen LogP contribution in [0.25, 0.3) is 0 Å². The Morgan fingerprint density at radius 2 is 2.15 bits per heavy atom. The van der Waals surface area contributed by atoms with Crippen LogP contribution in [0, 0.1) is 0 Å². The van der Waals surface area contributed by atoms with Crippen molar-refractivity contribution in [3.63, 3.8) is 0 Å². The number of hydrogen-bond acceptors (Lipinski definition) is 3. The summed E-state index contributed by atoms with van der Waals surface area (Å²) in [6.07, 6.45) is 4.43. The molecule has 13 heavy (non-hydrogen) atoms. The summed E-state index contributed by atoms with van der Waals surface area (Å²) < 4.78 is 0. The lowest BCUT2D eigenvalue weighted by Gasteiger charge is -1.98. The standard InChI is InChI=1S/C9H11NO2S/c11-9(12)2-1-7-13-8-3-5-10-6-4-8/h3-6H,1-2,7H2,(H,11,12). The van der Waals surface area contributed by atoms with Crippen LogP contribution in [0.2, 0.25) is 0 Å². The second kappa shape index (κ2) is 5.59. The van der Waals surface area contributed by atoms with Gasteiger partial charge in [0.25, 0.3) is 0 Å². The molecule has 0 radical (unpaired) electrons. The highest BCUT2D eigenvalue weighted by molar-refractivity contribution is 7.99. The third-order valence-electron chi connectivity index (χ3n) is 1.45. The average molecular weight is 197 g/mol. The van der Waals surface area contributed by atoms with Crippen molar-refractivity contribution in [2.24, 2.45) is 0 Å². The number of thioether (sulfide) groups is 1. The van der Waals surface area contributed by atoms with Crippen LogP contribution < -0.4 is 0 Å². The van der Waals surface area contributed by atoms with Gasteiger partial charge in [0.15, 0.2) is 0 Å². The second-order valence-corrected chi connectivity index (χ2v) is 3.70. The molecular weight excluding hydrogens is 186 g/mol. The first-order chi connectivity index (χ1) is 6.29. The molecule has 4 heteroatoms. The minimum atomic E-state index is -0.727. The highest BCUT2D eigenvalue weighted by atomic mass is 32.2. The number of aromatic nitrogens is 1. The van der Waals surface area contributed by atoms with Crippen molar-refractivity contribution in [1.29, 1.82) is 0 Å². The molecule has 1 aromatic heterocycles. The van der Waals surface area contributed by atoms with Crippen molar-refractivity contribution < 1.29 is 9.90 Å². The third kappa shape index (κ3) is 4.52. The van der Waals surface area contributed by atoms with E-state index in [1.165, 1.54) is 0 Å². The molecule has 70 valence electrons. The van der Waals surface area contributed by atoms with E-state index in [9.17, 15) is 4.79 Å². The molecular formula is C9H11NO2S. The highest BCUT2D eigenvalue weighted by Crippen LogP contribution is 2.17. The summed E-state index contributed by atoms with van der Waals surface area (Å²) in [5, 5.41) is 8.39. The van der Waals surface area contributed by atoms with Crippen LogP contribution in [0.3, 0.4) is 0 Å². The fraction of sp³-hybridized carbons (Fsp3) is 0.333. The Labute approximate surface area is 81.2 Å². The van der Waals surface area contributed by atoms with Crippen molar-refractivity contribution in [1.82, 2.24) is 4.98 Å². The Kier molecular flexibility index (Phi) is 4.32. The van der Waals surface area contributed by atoms with E-state index in [0.29, 0.717) is 6.42 Å². The predicted octanol–water partition coefficient (Wildman–Crippen LogP) is 2.04. The van der Waals surface area contributed by atoms with Crippen molar-refractivity contribution in [3.05, 3.63) is 24.5 Å². The molecule has 1 heterocycles. The lowest BCUT2D eigenvalue weighted by molar-refractivity contribution is -0.137. The summed E-state index contributed by atoms with van der Waals surface area (Å²) in [6, 6.07) is 3.84. The van der Waals surface area contributed by atoms with Gasteiger partial charge < -0.3 is 5.11 Å². The van der Waals surface area contributed by atoms with Gasteiger partial charge >= 0.3 is 5.97 Å². The molecule has 1 N–H and O–H groups in total. The summed E-state index contributed by atoms with van der Waals surface area (Å²) >= 11 is 1.66. The van der Waals surface area contributed by atoms with Crippen LogP contribution in [0.15, 0.2) is 29.4 Å². The van der Waals surface area contributed by atoms with E-state index in [0.717, 1.165) is 10.6 Å². The van der Waals surface area contributed by atoms with E-state index >= 15 is 0 Å². The summed E-state index contributed by atoms with van der Waals surface area (Å²) in [4.78, 5) is 15.2. The molecule has 0 aliphatic heterocycles. The maximum atomic E-state index is 10.2. The molecule has 3 nitrogen and oxygen atoms in total. The van der Waals surface area contributed by atoms with E-state index in [2.05, 4.69) is 4.98 Å². The molecule has 1 aromatic rings. The van der Waals surface area contributed by atoms with Crippen LogP contribution in [0.1, 0.15) is 12.8 Å². The Morgan fingerprint density at radius 1 is 1.46 bits per heavy atom. The normalized spacial score (nSPS) is 9.85. The van der Waals surface area contributed by atoms with Gasteiger partial charge in [0.05, 0.1) is 0 Å². The molecule has 0 aliphatic carbocycles. The van der Waals surface area contributed by atoms with E-state index in [1.54, 1.807) is 24.2 Å². The zero-order valence-corrected chi connectivity index (χ0v) is 7.96. The Balaban J connectivity index is 2.17. The highest BCUT2D eigenvalue weighted by Gasteiger charge is 1.97. The van der Waals surface area contributed by atoms with Gasteiger partial charge in [-0.2, -0.15) is 0 Å². The average Bonchev–Trinajstić information content (AvgIpc) is 2.14. The van der Waals surface area contributed by atoms with Crippen LogP contribution in [0.5, 0.6) is 0 Å². The first kappa shape index (κ1) is 10.1. The predicted molar refractivity (Wildman–Crippen MR) is 51.8 cm³/mol. The Bertz CT molecular complexity index is 264. The molecule has 0 saturated heterocycles. The maximum absolute atomic E-state index is 10.2. The van der Waals surface area contributed by atoms with Gasteiger partial charge in [-0.3, -0.25) is 9.78 Å². The number of nitrogens with zero attached hydrogens (tertiary/aromatic N) is 1. The molecule has 0 fully saturated rings. The molecule has 0 amide bonds. The van der Waals surface area contributed by atoms with Crippen LogP contribution >= 0.6 is 11.8 Å². The topological polar surface area (TPSA) is 50.2 Å². The van der Waals surface area contributed by atoms with E-state index in [-0.39, 0.29) is 6.42 Å². The number of carbonyl (C=O) groups is 1.